The van der Waals surface area contributed by atoms with Gasteiger partial charge in [-0.1, -0.05) is 23.5 Å². The van der Waals surface area contributed by atoms with Gasteiger partial charge in [0.15, 0.2) is 3.95 Å². The van der Waals surface area contributed by atoms with Gasteiger partial charge in [-0.2, -0.15) is 0 Å². The maximum absolute atomic E-state index is 12.0. The van der Waals surface area contributed by atoms with Crippen LogP contribution >= 0.6 is 23.6 Å². The summed E-state index contributed by atoms with van der Waals surface area (Å²) in [6, 6.07) is 5.08. The molecule has 0 fully saturated rings. The summed E-state index contributed by atoms with van der Waals surface area (Å²) in [6.45, 7) is 0. The zero-order chi connectivity index (χ0) is 16.8. The molecule has 1 aromatic heterocycles. The van der Waals surface area contributed by atoms with Crippen LogP contribution < -0.4 is 16.0 Å². The third-order valence-corrected chi connectivity index (χ3v) is 3.91. The van der Waals surface area contributed by atoms with E-state index in [-0.39, 0.29) is 18.1 Å². The smallest absolute Gasteiger partial charge is 0.321 e. The quantitative estimate of drug-likeness (QED) is 0.520. The number of hydrogen-bond acceptors (Lipinski definition) is 6. The van der Waals surface area contributed by atoms with Gasteiger partial charge in [0.25, 0.3) is 0 Å². The van der Waals surface area contributed by atoms with E-state index in [2.05, 4.69) is 26.1 Å². The van der Waals surface area contributed by atoms with Gasteiger partial charge >= 0.3 is 6.03 Å². The van der Waals surface area contributed by atoms with Crippen LogP contribution in [-0.4, -0.2) is 40.3 Å². The maximum atomic E-state index is 12.0. The SMILES string of the molecule is CNC(=O)C(Cc1ccc(O)cc1)NC(=O)Nc1n[nH]c(=S)s1. The maximum Gasteiger partial charge on any atom is 0.321 e. The number of anilines is 1. The molecule has 1 aromatic carbocycles. The molecule has 1 atom stereocenters. The van der Waals surface area contributed by atoms with Crippen LogP contribution in [0.25, 0.3) is 0 Å². The van der Waals surface area contributed by atoms with Crippen molar-refractivity contribution in [3.63, 3.8) is 0 Å². The highest BCUT2D eigenvalue weighted by molar-refractivity contribution is 7.73. The third kappa shape index (κ3) is 5.04. The zero-order valence-electron chi connectivity index (χ0n) is 12.1. The fourth-order valence-electron chi connectivity index (χ4n) is 1.83. The minimum atomic E-state index is -0.767. The van der Waals surface area contributed by atoms with E-state index in [9.17, 15) is 14.7 Å². The molecule has 1 heterocycles. The minimum Gasteiger partial charge on any atom is -0.508 e. The van der Waals surface area contributed by atoms with Gasteiger partial charge in [0.05, 0.1) is 0 Å². The second-order valence-electron chi connectivity index (χ2n) is 4.55. The van der Waals surface area contributed by atoms with Crippen LogP contribution in [-0.2, 0) is 11.2 Å². The first kappa shape index (κ1) is 16.9. The van der Waals surface area contributed by atoms with E-state index in [1.54, 1.807) is 12.1 Å². The summed E-state index contributed by atoms with van der Waals surface area (Å²) in [5.41, 5.74) is 0.798. The fourth-order valence-corrected chi connectivity index (χ4v) is 2.61. The van der Waals surface area contributed by atoms with Crippen LogP contribution in [0.3, 0.4) is 0 Å². The average Bonchev–Trinajstić information content (AvgIpc) is 2.92. The number of aromatic nitrogens is 2. The number of phenols is 1. The van der Waals surface area contributed by atoms with Crippen molar-refractivity contribution >= 4 is 40.6 Å². The molecule has 0 saturated carbocycles. The van der Waals surface area contributed by atoms with Gasteiger partial charge in [-0.25, -0.2) is 4.79 Å². The predicted octanol–water partition coefficient (Wildman–Crippen LogP) is 1.39. The van der Waals surface area contributed by atoms with Crippen LogP contribution in [0.2, 0.25) is 0 Å². The number of aromatic hydroxyl groups is 1. The average molecular weight is 353 g/mol. The molecular weight excluding hydrogens is 338 g/mol. The lowest BCUT2D eigenvalue weighted by Crippen LogP contribution is -2.48. The van der Waals surface area contributed by atoms with Crippen LogP contribution in [0.4, 0.5) is 9.93 Å². The summed E-state index contributed by atoms with van der Waals surface area (Å²) in [6.07, 6.45) is 0.281. The molecule has 3 amide bonds. The Morgan fingerprint density at radius 2 is 2.09 bits per heavy atom. The Labute approximate surface area is 140 Å². The van der Waals surface area contributed by atoms with Crippen molar-refractivity contribution in [3.8, 4) is 5.75 Å². The van der Waals surface area contributed by atoms with E-state index in [1.807, 2.05) is 0 Å². The van der Waals surface area contributed by atoms with E-state index in [1.165, 1.54) is 19.2 Å². The van der Waals surface area contributed by atoms with Crippen molar-refractivity contribution in [2.24, 2.45) is 0 Å². The van der Waals surface area contributed by atoms with Gasteiger partial charge in [-0.3, -0.25) is 15.2 Å². The number of aromatic amines is 1. The number of hydrogen-bond donors (Lipinski definition) is 5. The molecule has 0 saturated heterocycles. The van der Waals surface area contributed by atoms with E-state index in [4.69, 9.17) is 12.2 Å². The Morgan fingerprint density at radius 3 is 2.65 bits per heavy atom. The molecule has 23 heavy (non-hydrogen) atoms. The second-order valence-corrected chi connectivity index (χ2v) is 6.22. The van der Waals surface area contributed by atoms with Crippen molar-refractivity contribution in [3.05, 3.63) is 33.8 Å². The molecule has 0 aliphatic carbocycles. The van der Waals surface area contributed by atoms with Gasteiger partial charge in [0, 0.05) is 13.5 Å². The number of phenolic OH excluding ortho intramolecular Hbond substituents is 1. The standard InChI is InChI=1S/C13H15N5O3S2/c1-14-10(20)9(6-7-2-4-8(19)5-3-7)15-11(21)16-12-17-18-13(22)23-12/h2-5,9,19H,6H2,1H3,(H,14,20)(H,18,22)(H2,15,16,17,21). The number of nitrogens with zero attached hydrogens (tertiary/aromatic N) is 1. The lowest BCUT2D eigenvalue weighted by atomic mass is 10.1. The summed E-state index contributed by atoms with van der Waals surface area (Å²) < 4.78 is 0.437. The number of rotatable bonds is 5. The van der Waals surface area contributed by atoms with Gasteiger partial charge in [0.2, 0.25) is 11.0 Å². The number of benzene rings is 1. The Balaban J connectivity index is 2.03. The van der Waals surface area contributed by atoms with Crippen LogP contribution in [0, 0.1) is 3.95 Å². The van der Waals surface area contributed by atoms with Crippen molar-refractivity contribution < 1.29 is 14.7 Å². The number of urea groups is 1. The first-order valence-corrected chi connectivity index (χ1v) is 7.83. The molecule has 2 rings (SSSR count). The molecule has 1 unspecified atom stereocenters. The van der Waals surface area contributed by atoms with Gasteiger partial charge < -0.3 is 15.7 Å². The van der Waals surface area contributed by atoms with E-state index in [0.717, 1.165) is 16.9 Å². The van der Waals surface area contributed by atoms with E-state index < -0.39 is 12.1 Å². The Bertz CT molecular complexity index is 741. The molecule has 0 spiro atoms. The number of likely N-dealkylation sites (N-methyl/N-ethyl adjacent to an activating group) is 1. The molecule has 0 aliphatic rings. The highest BCUT2D eigenvalue weighted by Crippen LogP contribution is 2.12. The van der Waals surface area contributed by atoms with Crippen molar-refractivity contribution in [1.29, 1.82) is 0 Å². The molecule has 10 heteroatoms. The van der Waals surface area contributed by atoms with Crippen molar-refractivity contribution in [2.45, 2.75) is 12.5 Å². The Hall–Kier alpha value is -2.46. The fraction of sp³-hybridized carbons (Fsp3) is 0.231. The lowest BCUT2D eigenvalue weighted by molar-refractivity contribution is -0.122. The summed E-state index contributed by atoms with van der Waals surface area (Å²) in [4.78, 5) is 23.9. The van der Waals surface area contributed by atoms with Gasteiger partial charge in [-0.05, 0) is 29.9 Å². The summed E-state index contributed by atoms with van der Waals surface area (Å²) in [5, 5.41) is 23.5. The summed E-state index contributed by atoms with van der Waals surface area (Å²) in [7, 11) is 1.49. The number of nitrogens with one attached hydrogen (secondary N) is 4. The highest BCUT2D eigenvalue weighted by atomic mass is 32.1. The first-order valence-electron chi connectivity index (χ1n) is 6.60. The molecule has 0 bridgehead atoms. The molecule has 122 valence electrons. The van der Waals surface area contributed by atoms with Gasteiger partial charge in [0.1, 0.15) is 11.8 Å². The number of carbonyl (C=O) groups excluding carboxylic acids is 2. The Kier molecular flexibility index (Phi) is 5.66. The molecule has 2 aromatic rings. The monoisotopic (exact) mass is 353 g/mol. The third-order valence-electron chi connectivity index (χ3n) is 2.90. The van der Waals surface area contributed by atoms with Gasteiger partial charge in [-0.15, -0.1) is 5.10 Å². The topological polar surface area (TPSA) is 119 Å². The number of carbonyl (C=O) groups is 2. The molecule has 5 N–H and O–H groups in total. The Morgan fingerprint density at radius 1 is 1.39 bits per heavy atom. The molecule has 0 radical (unpaired) electrons. The van der Waals surface area contributed by atoms with Crippen molar-refractivity contribution in [2.75, 3.05) is 12.4 Å². The zero-order valence-corrected chi connectivity index (χ0v) is 13.8. The molecule has 0 aliphatic heterocycles. The largest absolute Gasteiger partial charge is 0.508 e. The lowest BCUT2D eigenvalue weighted by Gasteiger charge is -2.17. The van der Waals surface area contributed by atoms with Crippen LogP contribution in [0.5, 0.6) is 5.75 Å². The van der Waals surface area contributed by atoms with Crippen molar-refractivity contribution in [1.82, 2.24) is 20.8 Å². The minimum absolute atomic E-state index is 0.135. The first-order chi connectivity index (χ1) is 11.0. The van der Waals surface area contributed by atoms with Crippen LogP contribution in [0.15, 0.2) is 24.3 Å². The normalized spacial score (nSPS) is 11.5. The van der Waals surface area contributed by atoms with E-state index in [0.29, 0.717) is 9.09 Å². The molecular formula is C13H15N5O3S2. The second kappa shape index (κ2) is 7.70. The predicted molar refractivity (Wildman–Crippen MR) is 89.1 cm³/mol. The summed E-state index contributed by atoms with van der Waals surface area (Å²) >= 11 is 5.99. The highest BCUT2D eigenvalue weighted by Gasteiger charge is 2.20. The summed E-state index contributed by atoms with van der Waals surface area (Å²) in [5.74, 6) is -0.196. The number of amides is 3. The number of H-pyrrole nitrogens is 1. The molecule has 8 nitrogen and oxygen atoms in total. The van der Waals surface area contributed by atoms with E-state index >= 15 is 0 Å². The van der Waals surface area contributed by atoms with Crippen LogP contribution in [0.1, 0.15) is 5.56 Å².